The Morgan fingerprint density at radius 1 is 0.219 bits per heavy atom. The summed E-state index contributed by atoms with van der Waals surface area (Å²) in [4.78, 5) is 176. The molecule has 0 atom stereocenters. The number of amides is 12. The minimum absolute atomic E-state index is 0.248. The lowest BCUT2D eigenvalue weighted by Gasteiger charge is -2.30. The van der Waals surface area contributed by atoms with Crippen LogP contribution in [0.2, 0.25) is 0 Å². The van der Waals surface area contributed by atoms with E-state index in [0.29, 0.717) is 158 Å². The lowest BCUT2D eigenvalue weighted by Crippen LogP contribution is -2.43. The zero-order chi connectivity index (χ0) is 89.1. The second kappa shape index (κ2) is 33.9. The van der Waals surface area contributed by atoms with Crippen LogP contribution in [0.5, 0.6) is 0 Å². The molecule has 0 spiro atoms. The van der Waals surface area contributed by atoms with Gasteiger partial charge in [-0.15, -0.1) is 0 Å². The molecule has 6 aliphatic heterocycles. The van der Waals surface area contributed by atoms with Gasteiger partial charge in [0.05, 0.1) is 0 Å². The van der Waals surface area contributed by atoms with Crippen LogP contribution in [0.25, 0.3) is 129 Å². The molecule has 128 heavy (non-hydrogen) atoms. The van der Waals surface area contributed by atoms with E-state index in [1.807, 2.05) is 181 Å². The third-order valence-corrected chi connectivity index (χ3v) is 27.3. The van der Waals surface area contributed by atoms with E-state index in [4.69, 9.17) is 11.5 Å². The van der Waals surface area contributed by atoms with Gasteiger partial charge in [-0.05, 0) is 288 Å². The summed E-state index contributed by atoms with van der Waals surface area (Å²) in [5.74, 6) is -3.14. The minimum atomic E-state index is -0.283. The number of benzene rings is 15. The van der Waals surface area contributed by atoms with Gasteiger partial charge in [-0.1, -0.05) is 125 Å². The molecule has 12 amide bonds. The van der Waals surface area contributed by atoms with Crippen LogP contribution in [0.15, 0.2) is 146 Å². The molecule has 6 heterocycles. The zero-order valence-corrected chi connectivity index (χ0v) is 73.1. The monoisotopic (exact) mass is 1710 g/mol. The van der Waals surface area contributed by atoms with E-state index in [1.165, 1.54) is 29.4 Å². The maximum absolute atomic E-state index is 13.7. The number of carbonyl (C=O) groups is 12. The van der Waals surface area contributed by atoms with Gasteiger partial charge in [0.25, 0.3) is 70.9 Å². The van der Waals surface area contributed by atoms with Crippen LogP contribution in [0, 0.1) is 0 Å². The molecule has 23 heteroatoms. The quantitative estimate of drug-likeness (QED) is 0.0163. The molecule has 5 N–H and O–H groups in total. The fourth-order valence-electron chi connectivity index (χ4n) is 21.1. The molecule has 21 rings (SSSR count). The van der Waals surface area contributed by atoms with Crippen LogP contribution in [0.3, 0.4) is 0 Å². The van der Waals surface area contributed by atoms with Gasteiger partial charge in [0.2, 0.25) is 0 Å². The maximum Gasteiger partial charge on any atom is 0.261 e. The Labute approximate surface area is 738 Å². The number of nitrogens with two attached hydrogens (primary N) is 2. The topological polar surface area (TPSA) is 295 Å². The predicted molar refractivity (Wildman–Crippen MR) is 504 cm³/mol. The summed E-state index contributed by atoms with van der Waals surface area (Å²) in [6, 6.07) is 45.3. The summed E-state index contributed by atoms with van der Waals surface area (Å²) in [5.41, 5.74) is 17.6. The number of nitrogens with zero attached hydrogens (tertiary/aromatic N) is 8. The molecular weight excluding hydrogens is 1610 g/mol. The molecule has 15 aromatic rings. The summed E-state index contributed by atoms with van der Waals surface area (Å²) in [5, 5.41) is 23.4. The van der Waals surface area contributed by atoms with Crippen molar-refractivity contribution in [2.75, 3.05) is 107 Å². The second-order valence-corrected chi connectivity index (χ2v) is 35.5. The van der Waals surface area contributed by atoms with Crippen molar-refractivity contribution in [3.63, 3.8) is 0 Å². The van der Waals surface area contributed by atoms with E-state index in [0.717, 1.165) is 213 Å². The number of carbonyl (C=O) groups excluding carboxylic acids is 12. The number of imide groups is 6. The summed E-state index contributed by atoms with van der Waals surface area (Å²) in [7, 11) is 8.05. The lowest BCUT2D eigenvalue weighted by atomic mass is 9.82. The average molecular weight is 1710 g/mol. The molecule has 0 fully saturated rings. The van der Waals surface area contributed by atoms with Gasteiger partial charge in [-0.3, -0.25) is 86.9 Å². The first-order valence-electron chi connectivity index (χ1n) is 45.3. The fraction of sp³-hybridized carbons (Fsp3) is 0.314. The second-order valence-electron chi connectivity index (χ2n) is 35.5. The predicted octanol–water partition coefficient (Wildman–Crippen LogP) is 17.3. The highest BCUT2D eigenvalue weighted by Crippen LogP contribution is 2.51. The van der Waals surface area contributed by atoms with Gasteiger partial charge in [-0.2, -0.15) is 0 Å². The van der Waals surface area contributed by atoms with Crippen molar-refractivity contribution < 1.29 is 57.5 Å². The Balaban J connectivity index is 0.000000125. The molecule has 15 aromatic carbocycles. The van der Waals surface area contributed by atoms with Crippen molar-refractivity contribution in [2.45, 2.75) is 110 Å². The van der Waals surface area contributed by atoms with Crippen LogP contribution in [0.4, 0.5) is 0 Å². The highest BCUT2D eigenvalue weighted by atomic mass is 16.2. The van der Waals surface area contributed by atoms with Crippen LogP contribution in [-0.4, -0.2) is 217 Å². The molecule has 0 aromatic heterocycles. The van der Waals surface area contributed by atoms with Crippen molar-refractivity contribution in [1.29, 1.82) is 0 Å². The smallest absolute Gasteiger partial charge is 0.261 e. The van der Waals surface area contributed by atoms with Gasteiger partial charge in [0.15, 0.2) is 0 Å². The molecular formula is C105H101N11O12. The Hall–Kier alpha value is -13.2. The third kappa shape index (κ3) is 13.4. The number of rotatable bonds is 30. The third-order valence-electron chi connectivity index (χ3n) is 27.3. The van der Waals surface area contributed by atoms with Crippen molar-refractivity contribution >= 4 is 200 Å². The standard InChI is InChI=1S/2C36H36N4O4.C33H29N3O4/c1-37(2)17-5-7-19-39-33(41)25-13-9-21-23-11-15-27-32-28(36(44)40(35(27)43)20-8-6-18-38(3)4)16-12-24(30(23)32)22-10-14-26(34(39)42)31(25)29(21)22;37-17-5-1-3-7-19-39-33(41)25-13-9-21-23-11-15-27-32-28(36(44)40(35(27)43)20-8-4-2-6-18-38)16-12-24(30(23)32)22-10-14-26(34(39)42)31(25)29(21)22;1-3-5-6-16-35-30(37)22-11-7-18-20-9-13-24-29-25(33(40)36(32(24)39)17-15-34-4-2)14-10-21(27(20)29)19-8-12-23(31(35)38)28(22)26(18)19/h9-16H,5-8,17-20H2,1-4H3;9-16H,1-8,17-20,37-38H2;7-14,34H,3-6,15-17H2,1-2H3. The van der Waals surface area contributed by atoms with Crippen molar-refractivity contribution in [3.05, 3.63) is 212 Å². The Bertz CT molecular complexity index is 6530. The molecule has 0 bridgehead atoms. The van der Waals surface area contributed by atoms with Crippen LogP contribution in [-0.2, 0) is 0 Å². The van der Waals surface area contributed by atoms with Crippen LogP contribution < -0.4 is 16.8 Å². The minimum Gasteiger partial charge on any atom is -0.330 e. The number of unbranched alkanes of at least 4 members (excludes halogenated alkanes) is 10. The first-order chi connectivity index (χ1) is 62.1. The first-order valence-corrected chi connectivity index (χ1v) is 45.3. The lowest BCUT2D eigenvalue weighted by molar-refractivity contribution is 0.0592. The van der Waals surface area contributed by atoms with Gasteiger partial charge < -0.3 is 26.6 Å². The van der Waals surface area contributed by atoms with E-state index in [-0.39, 0.29) is 70.9 Å². The number of hydrogen-bond acceptors (Lipinski definition) is 17. The van der Waals surface area contributed by atoms with Gasteiger partial charge in [0, 0.05) is 145 Å². The first kappa shape index (κ1) is 84.3. The van der Waals surface area contributed by atoms with E-state index in [2.05, 4.69) is 22.0 Å². The number of hydrogen-bond donors (Lipinski definition) is 3. The molecule has 0 radical (unpaired) electrons. The highest BCUT2D eigenvalue weighted by Gasteiger charge is 2.42. The maximum atomic E-state index is 13.7. The largest absolute Gasteiger partial charge is 0.330 e. The molecule has 0 saturated carbocycles. The van der Waals surface area contributed by atoms with Crippen LogP contribution in [0.1, 0.15) is 234 Å². The summed E-state index contributed by atoms with van der Waals surface area (Å²) in [6.07, 6.45) is 13.2. The van der Waals surface area contributed by atoms with Crippen LogP contribution >= 0.6 is 0 Å². The van der Waals surface area contributed by atoms with E-state index in [1.54, 1.807) is 0 Å². The van der Waals surface area contributed by atoms with Crippen molar-refractivity contribution in [2.24, 2.45) is 11.5 Å². The molecule has 0 saturated heterocycles. The van der Waals surface area contributed by atoms with Crippen molar-refractivity contribution in [3.8, 4) is 0 Å². The fourth-order valence-corrected chi connectivity index (χ4v) is 21.1. The summed E-state index contributed by atoms with van der Waals surface area (Å²) in [6.45, 7) is 10.7. The van der Waals surface area contributed by atoms with Gasteiger partial charge >= 0.3 is 0 Å². The average Bonchev–Trinajstić information content (AvgIpc) is 0.697. The number of likely N-dealkylation sites (N-methyl/N-ethyl adjacent to an activating group) is 1. The van der Waals surface area contributed by atoms with Gasteiger partial charge in [0.1, 0.15) is 0 Å². The normalized spacial score (nSPS) is 15.0. The molecule has 648 valence electrons. The summed E-state index contributed by atoms with van der Waals surface area (Å²) >= 11 is 0. The van der Waals surface area contributed by atoms with E-state index >= 15 is 0 Å². The number of fused-ring (bicyclic) bond motifs is 6. The Kier molecular flexibility index (Phi) is 22.3. The van der Waals surface area contributed by atoms with E-state index < -0.39 is 0 Å². The zero-order valence-electron chi connectivity index (χ0n) is 73.1. The highest BCUT2D eigenvalue weighted by molar-refractivity contribution is 6.45. The SMILES string of the molecule is CCCCCN1C(=O)c2ccc3c4ccc5c6c(ccc(c7ccc(c2c37)C1=O)c64)C(=O)N(CCNCC)C5=O.CN(C)CCCCN1C(=O)c2ccc3c4ccc5c6c(ccc(c7ccc(c2c37)C1=O)c64)C(=O)N(CCCCN(C)C)C5=O.NCCCCCCN1C(=O)c2ccc3c4ccc5c6c(ccc(c7ccc(c2c37)C1=O)c64)C(=O)N(CCCCCCN)C5=O. The van der Waals surface area contributed by atoms with Crippen molar-refractivity contribution in [1.82, 2.24) is 44.5 Å². The Morgan fingerprint density at radius 3 is 0.562 bits per heavy atom. The number of nitrogens with one attached hydrogen (secondary N) is 1. The van der Waals surface area contributed by atoms with E-state index in [9.17, 15) is 57.5 Å². The molecule has 0 unspecified atom stereocenters. The van der Waals surface area contributed by atoms with Gasteiger partial charge in [-0.25, -0.2) is 0 Å². The summed E-state index contributed by atoms with van der Waals surface area (Å²) < 4.78 is 0. The molecule has 23 nitrogen and oxygen atoms in total. The Morgan fingerprint density at radius 2 is 0.391 bits per heavy atom. The molecule has 6 aliphatic rings. The molecule has 0 aliphatic carbocycles.